The number of halogens is 1. The number of carbonyl (C=O) groups is 1. The van der Waals surface area contributed by atoms with Crippen molar-refractivity contribution >= 4 is 28.1 Å². The number of hydrogen-bond acceptors (Lipinski definition) is 4. The number of amides is 1. The lowest BCUT2D eigenvalue weighted by Gasteiger charge is -2.09. The molecule has 0 radical (unpaired) electrons. The summed E-state index contributed by atoms with van der Waals surface area (Å²) in [5.74, 6) is 0.895. The van der Waals surface area contributed by atoms with Crippen LogP contribution in [0.1, 0.15) is 29.8 Å². The lowest BCUT2D eigenvalue weighted by atomic mass is 10.2. The summed E-state index contributed by atoms with van der Waals surface area (Å²) in [6.07, 6.45) is 1.66. The van der Waals surface area contributed by atoms with E-state index in [1.165, 1.54) is 7.11 Å². The number of methoxy groups -OCH3 is 1. The van der Waals surface area contributed by atoms with E-state index < -0.39 is 0 Å². The summed E-state index contributed by atoms with van der Waals surface area (Å²) in [7, 11) is 1.52. The third-order valence-electron chi connectivity index (χ3n) is 3.02. The molecule has 0 saturated carbocycles. The van der Waals surface area contributed by atoms with Crippen LogP contribution >= 0.6 is 15.9 Å². The maximum atomic E-state index is 12.2. The van der Waals surface area contributed by atoms with Crippen molar-refractivity contribution in [2.75, 3.05) is 7.11 Å². The van der Waals surface area contributed by atoms with Gasteiger partial charge in [-0.3, -0.25) is 4.79 Å². The van der Waals surface area contributed by atoms with E-state index in [0.717, 1.165) is 15.8 Å². The molecule has 0 heterocycles. The molecule has 1 amide bonds. The third-order valence-corrected chi connectivity index (χ3v) is 3.51. The molecule has 0 atom stereocenters. The summed E-state index contributed by atoms with van der Waals surface area (Å²) < 4.78 is 11.6. The van der Waals surface area contributed by atoms with Crippen LogP contribution in [0.4, 0.5) is 0 Å². The predicted molar refractivity (Wildman–Crippen MR) is 98.0 cm³/mol. The van der Waals surface area contributed by atoms with Crippen molar-refractivity contribution in [3.8, 4) is 11.5 Å². The van der Waals surface area contributed by atoms with Crippen LogP contribution in [0.2, 0.25) is 0 Å². The third kappa shape index (κ3) is 5.09. The number of nitrogens with zero attached hydrogens (tertiary/aromatic N) is 1. The zero-order valence-corrected chi connectivity index (χ0v) is 15.3. The monoisotopic (exact) mass is 390 g/mol. The smallest absolute Gasteiger partial charge is 0.275 e. The van der Waals surface area contributed by atoms with Crippen molar-refractivity contribution in [1.29, 1.82) is 0 Å². The average Bonchev–Trinajstić information content (AvgIpc) is 2.54. The predicted octanol–water partition coefficient (Wildman–Crippen LogP) is 4.01. The molecule has 5 nitrogen and oxygen atoms in total. The molecule has 0 saturated heterocycles. The molecule has 24 heavy (non-hydrogen) atoms. The second kappa shape index (κ2) is 8.49. The van der Waals surface area contributed by atoms with E-state index >= 15 is 0 Å². The van der Waals surface area contributed by atoms with E-state index in [2.05, 4.69) is 26.5 Å². The van der Waals surface area contributed by atoms with E-state index in [1.807, 2.05) is 38.1 Å². The van der Waals surface area contributed by atoms with E-state index in [1.54, 1.807) is 24.4 Å². The maximum absolute atomic E-state index is 12.2. The van der Waals surface area contributed by atoms with Gasteiger partial charge in [0.25, 0.3) is 5.91 Å². The molecule has 0 aliphatic heterocycles. The highest BCUT2D eigenvalue weighted by molar-refractivity contribution is 9.10. The first kappa shape index (κ1) is 18.0. The molecule has 6 heteroatoms. The summed E-state index contributed by atoms with van der Waals surface area (Å²) >= 11 is 3.34. The molecule has 1 N–H and O–H groups in total. The van der Waals surface area contributed by atoms with Crippen molar-refractivity contribution in [2.45, 2.75) is 20.0 Å². The molecule has 126 valence electrons. The minimum absolute atomic E-state index is 0.0980. The van der Waals surface area contributed by atoms with Gasteiger partial charge in [0, 0.05) is 4.47 Å². The van der Waals surface area contributed by atoms with Gasteiger partial charge in [-0.2, -0.15) is 5.10 Å². The van der Waals surface area contributed by atoms with E-state index in [4.69, 9.17) is 9.47 Å². The Morgan fingerprint density at radius 1 is 1.25 bits per heavy atom. The Labute approximate surface area is 149 Å². The molecule has 0 aliphatic carbocycles. The quantitative estimate of drug-likeness (QED) is 0.598. The normalized spacial score (nSPS) is 10.9. The molecule has 2 aromatic carbocycles. The summed E-state index contributed by atoms with van der Waals surface area (Å²) in [6.45, 7) is 3.93. The van der Waals surface area contributed by atoms with E-state index in [9.17, 15) is 4.79 Å². The second-order valence-electron chi connectivity index (χ2n) is 5.28. The molecular weight excluding hydrogens is 372 g/mol. The minimum Gasteiger partial charge on any atom is -0.496 e. The Morgan fingerprint density at radius 2 is 2.04 bits per heavy atom. The van der Waals surface area contributed by atoms with Crippen LogP contribution in [0.25, 0.3) is 0 Å². The molecule has 0 aliphatic rings. The summed E-state index contributed by atoms with van der Waals surface area (Å²) in [4.78, 5) is 12.2. The first-order valence-corrected chi connectivity index (χ1v) is 8.22. The summed E-state index contributed by atoms with van der Waals surface area (Å²) in [5, 5.41) is 3.99. The van der Waals surface area contributed by atoms with Crippen LogP contribution in [-0.2, 0) is 0 Å². The molecule has 2 rings (SSSR count). The first-order valence-electron chi connectivity index (χ1n) is 7.43. The van der Waals surface area contributed by atoms with Crippen molar-refractivity contribution in [1.82, 2.24) is 5.43 Å². The van der Waals surface area contributed by atoms with Crippen LogP contribution in [-0.4, -0.2) is 25.3 Å². The van der Waals surface area contributed by atoms with Gasteiger partial charge in [-0.05, 0) is 49.7 Å². The molecule has 0 unspecified atom stereocenters. The lowest BCUT2D eigenvalue weighted by molar-refractivity contribution is 0.0952. The maximum Gasteiger partial charge on any atom is 0.275 e. The first-order chi connectivity index (χ1) is 11.5. The summed E-state index contributed by atoms with van der Waals surface area (Å²) in [6, 6.07) is 12.7. The minimum atomic E-state index is -0.348. The van der Waals surface area contributed by atoms with Crippen LogP contribution < -0.4 is 14.9 Å². The van der Waals surface area contributed by atoms with Gasteiger partial charge in [0.2, 0.25) is 0 Å². The Kier molecular flexibility index (Phi) is 6.37. The van der Waals surface area contributed by atoms with Gasteiger partial charge < -0.3 is 9.47 Å². The van der Waals surface area contributed by atoms with Crippen LogP contribution in [0.15, 0.2) is 52.0 Å². The number of ether oxygens (including phenoxy) is 2. The van der Waals surface area contributed by atoms with Crippen LogP contribution in [0.3, 0.4) is 0 Å². The van der Waals surface area contributed by atoms with Gasteiger partial charge in [-0.1, -0.05) is 28.1 Å². The van der Waals surface area contributed by atoms with Crippen molar-refractivity contribution in [2.24, 2.45) is 5.10 Å². The van der Waals surface area contributed by atoms with E-state index in [0.29, 0.717) is 11.3 Å². The van der Waals surface area contributed by atoms with E-state index in [-0.39, 0.29) is 12.0 Å². The number of rotatable bonds is 6. The number of carbonyl (C=O) groups excluding carboxylic acids is 1. The summed E-state index contributed by atoms with van der Waals surface area (Å²) in [5.41, 5.74) is 3.73. The largest absolute Gasteiger partial charge is 0.496 e. The number of hydrazone groups is 1. The number of nitrogens with one attached hydrogen (secondary N) is 1. The molecule has 0 aromatic heterocycles. The van der Waals surface area contributed by atoms with Gasteiger partial charge in [-0.15, -0.1) is 0 Å². The Hall–Kier alpha value is -2.34. The van der Waals surface area contributed by atoms with Crippen LogP contribution in [0.5, 0.6) is 11.5 Å². The molecular formula is C18H19BrN2O3. The Balaban J connectivity index is 2.06. The number of hydrogen-bond donors (Lipinski definition) is 1. The highest BCUT2D eigenvalue weighted by Gasteiger charge is 2.11. The topological polar surface area (TPSA) is 59.9 Å². The van der Waals surface area contributed by atoms with Crippen molar-refractivity contribution in [3.05, 3.63) is 58.1 Å². The number of benzene rings is 2. The fourth-order valence-electron chi connectivity index (χ4n) is 2.02. The van der Waals surface area contributed by atoms with Crippen molar-refractivity contribution < 1.29 is 14.3 Å². The van der Waals surface area contributed by atoms with Gasteiger partial charge >= 0.3 is 0 Å². The molecule has 0 spiro atoms. The zero-order chi connectivity index (χ0) is 17.5. The van der Waals surface area contributed by atoms with Gasteiger partial charge in [-0.25, -0.2) is 5.43 Å². The lowest BCUT2D eigenvalue weighted by Crippen LogP contribution is -2.18. The SMILES string of the molecule is COc1ccc(Br)cc1C(=O)N/N=C\c1cccc(OC(C)C)c1. The van der Waals surface area contributed by atoms with Crippen LogP contribution in [0, 0.1) is 0 Å². The highest BCUT2D eigenvalue weighted by atomic mass is 79.9. The Bertz CT molecular complexity index is 745. The Morgan fingerprint density at radius 3 is 2.75 bits per heavy atom. The fraction of sp³-hybridized carbons (Fsp3) is 0.222. The van der Waals surface area contributed by atoms with Gasteiger partial charge in [0.1, 0.15) is 11.5 Å². The second-order valence-corrected chi connectivity index (χ2v) is 6.20. The molecule has 2 aromatic rings. The van der Waals surface area contributed by atoms with Crippen molar-refractivity contribution in [3.63, 3.8) is 0 Å². The fourth-order valence-corrected chi connectivity index (χ4v) is 2.38. The van der Waals surface area contributed by atoms with Gasteiger partial charge in [0.15, 0.2) is 0 Å². The average molecular weight is 391 g/mol. The zero-order valence-electron chi connectivity index (χ0n) is 13.7. The highest BCUT2D eigenvalue weighted by Crippen LogP contribution is 2.22. The molecule has 0 fully saturated rings. The standard InChI is InChI=1S/C18H19BrN2O3/c1-12(2)24-15-6-4-5-13(9-15)11-20-21-18(22)16-10-14(19)7-8-17(16)23-3/h4-12H,1-3H3,(H,21,22)/b20-11-. The van der Waals surface area contributed by atoms with Gasteiger partial charge in [0.05, 0.1) is 25.0 Å². The molecule has 0 bridgehead atoms.